The van der Waals surface area contributed by atoms with Gasteiger partial charge < -0.3 is 5.11 Å². The lowest BCUT2D eigenvalue weighted by Crippen LogP contribution is -2.32. The van der Waals surface area contributed by atoms with Crippen LogP contribution in [0.25, 0.3) is 0 Å². The summed E-state index contributed by atoms with van der Waals surface area (Å²) >= 11 is 0. The Hall–Kier alpha value is -1.63. The largest absolute Gasteiger partial charge is 0.480 e. The summed E-state index contributed by atoms with van der Waals surface area (Å²) in [6, 6.07) is 4.76. The third kappa shape index (κ3) is 2.93. The summed E-state index contributed by atoms with van der Waals surface area (Å²) in [6.07, 6.45) is 0. The van der Waals surface area contributed by atoms with Gasteiger partial charge in [0.05, 0.1) is 5.69 Å². The van der Waals surface area contributed by atoms with Crippen LogP contribution in [0.15, 0.2) is 24.3 Å². The number of carboxylic acids is 1. The Morgan fingerprint density at radius 1 is 1.50 bits per heavy atom. The fourth-order valence-corrected chi connectivity index (χ4v) is 1.84. The molecule has 1 aromatic rings. The maximum atomic E-state index is 12.8. The van der Waals surface area contributed by atoms with Crippen LogP contribution in [0.4, 0.5) is 10.1 Å². The predicted octanol–water partition coefficient (Wildman–Crippen LogP) is 1.04. The van der Waals surface area contributed by atoms with Crippen molar-refractivity contribution in [3.8, 4) is 0 Å². The van der Waals surface area contributed by atoms with Crippen LogP contribution in [-0.4, -0.2) is 24.7 Å². The number of carbonyl (C=O) groups is 1. The molecule has 0 heterocycles. The number of rotatable bonds is 4. The Balaban J connectivity index is 2.93. The van der Waals surface area contributed by atoms with Crippen molar-refractivity contribution in [2.75, 3.05) is 4.72 Å². The summed E-state index contributed by atoms with van der Waals surface area (Å²) in [5.41, 5.74) is -0.00639. The predicted molar refractivity (Wildman–Crippen MR) is 56.0 cm³/mol. The lowest BCUT2D eigenvalue weighted by molar-refractivity contribution is -0.136. The van der Waals surface area contributed by atoms with Crippen LogP contribution < -0.4 is 4.72 Å². The van der Waals surface area contributed by atoms with E-state index in [2.05, 4.69) is 0 Å². The summed E-state index contributed by atoms with van der Waals surface area (Å²) in [4.78, 5) is 10.5. The van der Waals surface area contributed by atoms with Crippen LogP contribution in [0.2, 0.25) is 0 Å². The number of aliphatic carboxylic acids is 1. The SMILES string of the molecule is CC(C(=O)O)S(=O)(=O)Nc1cccc(F)c1. The first-order valence-corrected chi connectivity index (χ1v) is 5.87. The Labute approximate surface area is 92.0 Å². The Morgan fingerprint density at radius 2 is 2.12 bits per heavy atom. The first-order valence-electron chi connectivity index (χ1n) is 4.33. The highest BCUT2D eigenvalue weighted by Crippen LogP contribution is 2.13. The molecule has 1 atom stereocenters. The molecule has 0 bridgehead atoms. The van der Waals surface area contributed by atoms with Crippen molar-refractivity contribution >= 4 is 21.7 Å². The minimum atomic E-state index is -4.05. The van der Waals surface area contributed by atoms with Gasteiger partial charge in [-0.25, -0.2) is 12.8 Å². The number of halogens is 1. The number of nitrogens with one attached hydrogen (secondary N) is 1. The van der Waals surface area contributed by atoms with E-state index in [1.165, 1.54) is 12.1 Å². The minimum absolute atomic E-state index is 0.00639. The highest BCUT2D eigenvalue weighted by Gasteiger charge is 2.27. The van der Waals surface area contributed by atoms with Crippen LogP contribution >= 0.6 is 0 Å². The lowest BCUT2D eigenvalue weighted by Gasteiger charge is -2.10. The zero-order valence-electron chi connectivity index (χ0n) is 8.34. The van der Waals surface area contributed by atoms with Gasteiger partial charge in [0.2, 0.25) is 10.0 Å². The molecule has 0 spiro atoms. The molecule has 1 rings (SSSR count). The van der Waals surface area contributed by atoms with E-state index in [0.29, 0.717) is 0 Å². The van der Waals surface area contributed by atoms with Crippen molar-refractivity contribution < 1.29 is 22.7 Å². The normalized spacial score (nSPS) is 13.1. The second kappa shape index (κ2) is 4.48. The van der Waals surface area contributed by atoms with Gasteiger partial charge in [-0.15, -0.1) is 0 Å². The molecule has 88 valence electrons. The molecule has 0 aliphatic carbocycles. The molecule has 0 aromatic heterocycles. The van der Waals surface area contributed by atoms with Crippen molar-refractivity contribution in [3.63, 3.8) is 0 Å². The number of sulfonamides is 1. The van der Waals surface area contributed by atoms with E-state index >= 15 is 0 Å². The van der Waals surface area contributed by atoms with Gasteiger partial charge in [-0.05, 0) is 25.1 Å². The van der Waals surface area contributed by atoms with E-state index in [0.717, 1.165) is 19.1 Å². The summed E-state index contributed by atoms with van der Waals surface area (Å²) in [7, 11) is -4.05. The molecule has 0 aliphatic heterocycles. The van der Waals surface area contributed by atoms with Crippen molar-refractivity contribution in [2.45, 2.75) is 12.2 Å². The molecule has 0 radical (unpaired) electrons. The van der Waals surface area contributed by atoms with Crippen molar-refractivity contribution in [1.82, 2.24) is 0 Å². The molecular weight excluding hydrogens is 237 g/mol. The fourth-order valence-electron chi connectivity index (χ4n) is 0.937. The first kappa shape index (κ1) is 12.4. The maximum Gasteiger partial charge on any atom is 0.323 e. The van der Waals surface area contributed by atoms with Gasteiger partial charge in [-0.3, -0.25) is 9.52 Å². The maximum absolute atomic E-state index is 12.8. The molecule has 16 heavy (non-hydrogen) atoms. The molecule has 0 saturated heterocycles. The number of hydrogen-bond acceptors (Lipinski definition) is 3. The summed E-state index contributed by atoms with van der Waals surface area (Å²) in [5.74, 6) is -2.08. The smallest absolute Gasteiger partial charge is 0.323 e. The average molecular weight is 247 g/mol. The van der Waals surface area contributed by atoms with E-state index in [-0.39, 0.29) is 5.69 Å². The number of anilines is 1. The lowest BCUT2D eigenvalue weighted by atomic mass is 10.3. The van der Waals surface area contributed by atoms with Crippen LogP contribution in [0.3, 0.4) is 0 Å². The molecule has 5 nitrogen and oxygen atoms in total. The molecule has 1 aromatic carbocycles. The van der Waals surface area contributed by atoms with Gasteiger partial charge in [0.25, 0.3) is 0 Å². The number of hydrogen-bond donors (Lipinski definition) is 2. The molecular formula is C9H10FNO4S. The van der Waals surface area contributed by atoms with Crippen molar-refractivity contribution in [2.24, 2.45) is 0 Å². The fraction of sp³-hybridized carbons (Fsp3) is 0.222. The van der Waals surface area contributed by atoms with E-state index in [4.69, 9.17) is 5.11 Å². The molecule has 7 heteroatoms. The molecule has 0 saturated carbocycles. The van der Waals surface area contributed by atoms with Gasteiger partial charge in [0, 0.05) is 0 Å². The zero-order chi connectivity index (χ0) is 12.3. The Kier molecular flexibility index (Phi) is 3.48. The summed E-state index contributed by atoms with van der Waals surface area (Å²) < 4.78 is 37.6. The van der Waals surface area contributed by atoms with Gasteiger partial charge in [0.15, 0.2) is 5.25 Å². The van der Waals surface area contributed by atoms with E-state index in [1.54, 1.807) is 0 Å². The minimum Gasteiger partial charge on any atom is -0.480 e. The molecule has 1 unspecified atom stereocenters. The van der Waals surface area contributed by atoms with Gasteiger partial charge >= 0.3 is 5.97 Å². The molecule has 0 fully saturated rings. The van der Waals surface area contributed by atoms with Crippen LogP contribution in [0.1, 0.15) is 6.92 Å². The van der Waals surface area contributed by atoms with E-state index < -0.39 is 27.1 Å². The second-order valence-corrected chi connectivity index (χ2v) is 5.14. The van der Waals surface area contributed by atoms with E-state index in [1.807, 2.05) is 4.72 Å². The topological polar surface area (TPSA) is 83.5 Å². The van der Waals surface area contributed by atoms with Crippen molar-refractivity contribution in [1.29, 1.82) is 0 Å². The molecule has 0 amide bonds. The quantitative estimate of drug-likeness (QED) is 0.832. The van der Waals surface area contributed by atoms with Gasteiger partial charge in [-0.2, -0.15) is 0 Å². The van der Waals surface area contributed by atoms with Crippen LogP contribution in [-0.2, 0) is 14.8 Å². The van der Waals surface area contributed by atoms with Gasteiger partial charge in [-0.1, -0.05) is 6.07 Å². The monoisotopic (exact) mass is 247 g/mol. The molecule has 0 aliphatic rings. The van der Waals surface area contributed by atoms with Crippen molar-refractivity contribution in [3.05, 3.63) is 30.1 Å². The molecule has 2 N–H and O–H groups in total. The zero-order valence-corrected chi connectivity index (χ0v) is 9.16. The standard InChI is InChI=1S/C9H10FNO4S/c1-6(9(12)13)16(14,15)11-8-4-2-3-7(10)5-8/h2-6,11H,1H3,(H,12,13). The average Bonchev–Trinajstić information content (AvgIpc) is 2.15. The Morgan fingerprint density at radius 3 is 2.62 bits per heavy atom. The summed E-state index contributed by atoms with van der Waals surface area (Å²) in [6.45, 7) is 1.03. The third-order valence-electron chi connectivity index (χ3n) is 1.90. The van der Waals surface area contributed by atoms with E-state index in [9.17, 15) is 17.6 Å². The number of benzene rings is 1. The number of carboxylic acid groups (broad SMARTS) is 1. The Bertz CT molecular complexity index is 500. The third-order valence-corrected chi connectivity index (χ3v) is 3.55. The van der Waals surface area contributed by atoms with Crippen LogP contribution in [0.5, 0.6) is 0 Å². The highest BCUT2D eigenvalue weighted by molar-refractivity contribution is 7.94. The summed E-state index contributed by atoms with van der Waals surface area (Å²) in [5, 5.41) is 6.96. The van der Waals surface area contributed by atoms with Gasteiger partial charge in [0.1, 0.15) is 5.82 Å². The van der Waals surface area contributed by atoms with Crippen LogP contribution in [0, 0.1) is 5.82 Å². The highest BCUT2D eigenvalue weighted by atomic mass is 32.2. The first-order chi connectivity index (χ1) is 7.33. The second-order valence-electron chi connectivity index (χ2n) is 3.14.